The lowest BCUT2D eigenvalue weighted by Gasteiger charge is -2.35. The van der Waals surface area contributed by atoms with Gasteiger partial charge in [-0.1, -0.05) is 25.0 Å². The molecule has 1 saturated heterocycles. The minimum atomic E-state index is -0.0340. The number of rotatable bonds is 8. The molecule has 0 spiro atoms. The summed E-state index contributed by atoms with van der Waals surface area (Å²) < 4.78 is 16.6. The number of morpholine rings is 1. The Bertz CT molecular complexity index is 1090. The molecule has 2 heterocycles. The quantitative estimate of drug-likeness (QED) is 0.565. The van der Waals surface area contributed by atoms with E-state index in [2.05, 4.69) is 22.3 Å². The number of hydrogen-bond donors (Lipinski definition) is 1. The molecular formula is C29H37N3O4. The zero-order valence-electron chi connectivity index (χ0n) is 21.4. The van der Waals surface area contributed by atoms with Crippen molar-refractivity contribution in [2.45, 2.75) is 44.1 Å². The highest BCUT2D eigenvalue weighted by Gasteiger charge is 2.34. The van der Waals surface area contributed by atoms with Gasteiger partial charge in [-0.3, -0.25) is 14.7 Å². The summed E-state index contributed by atoms with van der Waals surface area (Å²) in [5.74, 6) is 1.86. The standard InChI is InChI=1S/C29H37N3O4/c1-34-26-18-23-22-6-3-4-7-25(22)31-28(24(23)19-27(26)35-2)20-8-10-21(11-9-20)29(33)30-12-5-13-32-14-16-36-17-15-32/h8-11,18-19,22,25H,3-7,12-17H2,1-2H3,(H,30,33)/t22-,25-/m1/s1. The Kier molecular flexibility index (Phi) is 7.87. The number of carbonyl (C=O) groups excluding carboxylic acids is 1. The maximum atomic E-state index is 12.7. The lowest BCUT2D eigenvalue weighted by molar-refractivity contribution is 0.0374. The van der Waals surface area contributed by atoms with Gasteiger partial charge in [-0.05, 0) is 55.6 Å². The van der Waals surface area contributed by atoms with E-state index < -0.39 is 0 Å². The molecule has 0 bridgehead atoms. The molecule has 2 aliphatic heterocycles. The van der Waals surface area contributed by atoms with Crippen LogP contribution in [0.4, 0.5) is 0 Å². The Hall–Kier alpha value is -2.90. The SMILES string of the molecule is COc1cc2c(cc1OC)[C@H]1CCCC[C@H]1N=C2c1ccc(C(=O)NCCCN2CCOCC2)cc1. The van der Waals surface area contributed by atoms with E-state index in [0.717, 1.165) is 74.7 Å². The lowest BCUT2D eigenvalue weighted by atomic mass is 9.75. The number of benzene rings is 2. The fourth-order valence-corrected chi connectivity index (χ4v) is 5.71. The molecule has 5 rings (SSSR count). The van der Waals surface area contributed by atoms with Crippen molar-refractivity contribution in [3.05, 3.63) is 58.7 Å². The summed E-state index contributed by atoms with van der Waals surface area (Å²) in [6.45, 7) is 5.21. The van der Waals surface area contributed by atoms with Gasteiger partial charge in [-0.25, -0.2) is 0 Å². The molecule has 2 aromatic rings. The number of amides is 1. The first-order valence-corrected chi connectivity index (χ1v) is 13.2. The van der Waals surface area contributed by atoms with Gasteiger partial charge in [0.1, 0.15) is 0 Å². The molecule has 1 aliphatic carbocycles. The number of hydrogen-bond acceptors (Lipinski definition) is 6. The van der Waals surface area contributed by atoms with Gasteiger partial charge in [0.05, 0.1) is 39.2 Å². The molecule has 2 aromatic carbocycles. The van der Waals surface area contributed by atoms with Crippen LogP contribution in [0.2, 0.25) is 0 Å². The van der Waals surface area contributed by atoms with Gasteiger partial charge in [-0.15, -0.1) is 0 Å². The zero-order valence-corrected chi connectivity index (χ0v) is 21.4. The van der Waals surface area contributed by atoms with Crippen molar-refractivity contribution in [2.24, 2.45) is 4.99 Å². The van der Waals surface area contributed by atoms with Crippen LogP contribution in [0.15, 0.2) is 41.4 Å². The Morgan fingerprint density at radius 3 is 2.53 bits per heavy atom. The molecule has 7 nitrogen and oxygen atoms in total. The predicted molar refractivity (Wildman–Crippen MR) is 141 cm³/mol. The van der Waals surface area contributed by atoms with Gasteiger partial charge < -0.3 is 19.5 Å². The van der Waals surface area contributed by atoms with E-state index >= 15 is 0 Å². The minimum Gasteiger partial charge on any atom is -0.493 e. The first-order chi connectivity index (χ1) is 17.7. The molecule has 0 aromatic heterocycles. The van der Waals surface area contributed by atoms with Crippen LogP contribution in [-0.4, -0.2) is 76.2 Å². The van der Waals surface area contributed by atoms with Crippen LogP contribution in [0.3, 0.4) is 0 Å². The van der Waals surface area contributed by atoms with Crippen LogP contribution in [0.5, 0.6) is 11.5 Å². The highest BCUT2D eigenvalue weighted by molar-refractivity contribution is 6.15. The average molecular weight is 492 g/mol. The predicted octanol–water partition coefficient (Wildman–Crippen LogP) is 4.03. The normalized spacial score (nSPS) is 21.7. The van der Waals surface area contributed by atoms with Crippen molar-refractivity contribution in [1.82, 2.24) is 10.2 Å². The van der Waals surface area contributed by atoms with Gasteiger partial charge in [-0.2, -0.15) is 0 Å². The average Bonchev–Trinajstić information content (AvgIpc) is 2.94. The summed E-state index contributed by atoms with van der Waals surface area (Å²) in [5.41, 5.74) is 5.08. The van der Waals surface area contributed by atoms with Crippen LogP contribution >= 0.6 is 0 Å². The minimum absolute atomic E-state index is 0.0340. The number of carbonyl (C=O) groups is 1. The molecule has 1 N–H and O–H groups in total. The third kappa shape index (κ3) is 5.27. The van der Waals surface area contributed by atoms with E-state index in [1.165, 1.54) is 18.4 Å². The van der Waals surface area contributed by atoms with Crippen LogP contribution in [-0.2, 0) is 4.74 Å². The Balaban J connectivity index is 1.30. The number of fused-ring (bicyclic) bond motifs is 3. The van der Waals surface area contributed by atoms with Crippen molar-refractivity contribution in [1.29, 1.82) is 0 Å². The number of nitrogens with one attached hydrogen (secondary N) is 1. The highest BCUT2D eigenvalue weighted by atomic mass is 16.5. The number of methoxy groups -OCH3 is 2. The summed E-state index contributed by atoms with van der Waals surface area (Å²) >= 11 is 0. The van der Waals surface area contributed by atoms with Crippen LogP contribution < -0.4 is 14.8 Å². The monoisotopic (exact) mass is 491 g/mol. The molecule has 7 heteroatoms. The van der Waals surface area contributed by atoms with Gasteiger partial charge in [0.25, 0.3) is 5.91 Å². The smallest absolute Gasteiger partial charge is 0.251 e. The molecule has 3 aliphatic rings. The second kappa shape index (κ2) is 11.4. The van der Waals surface area contributed by atoms with E-state index in [1.807, 2.05) is 24.3 Å². The third-order valence-corrected chi connectivity index (χ3v) is 7.70. The molecule has 0 radical (unpaired) electrons. The summed E-state index contributed by atoms with van der Waals surface area (Å²) in [7, 11) is 3.36. The number of nitrogens with zero attached hydrogens (tertiary/aromatic N) is 2. The summed E-state index contributed by atoms with van der Waals surface area (Å²) in [5, 5.41) is 3.06. The van der Waals surface area contributed by atoms with Gasteiger partial charge in [0.2, 0.25) is 0 Å². The van der Waals surface area contributed by atoms with E-state index in [-0.39, 0.29) is 11.9 Å². The lowest BCUT2D eigenvalue weighted by Crippen LogP contribution is -2.38. The second-order valence-corrected chi connectivity index (χ2v) is 9.87. The molecule has 0 unspecified atom stereocenters. The molecule has 192 valence electrons. The second-order valence-electron chi connectivity index (χ2n) is 9.87. The van der Waals surface area contributed by atoms with Gasteiger partial charge in [0.15, 0.2) is 11.5 Å². The maximum absolute atomic E-state index is 12.7. The highest BCUT2D eigenvalue weighted by Crippen LogP contribution is 2.44. The molecule has 2 fully saturated rings. The summed E-state index contributed by atoms with van der Waals surface area (Å²) in [6.07, 6.45) is 5.63. The van der Waals surface area contributed by atoms with Gasteiger partial charge in [0, 0.05) is 42.2 Å². The molecule has 1 amide bonds. The fourth-order valence-electron chi connectivity index (χ4n) is 5.71. The van der Waals surface area contributed by atoms with Crippen molar-refractivity contribution >= 4 is 11.6 Å². The topological polar surface area (TPSA) is 72.4 Å². The Morgan fingerprint density at radius 2 is 1.78 bits per heavy atom. The summed E-state index contributed by atoms with van der Waals surface area (Å²) in [4.78, 5) is 20.3. The molecule has 1 saturated carbocycles. The third-order valence-electron chi connectivity index (χ3n) is 7.70. The fraction of sp³-hybridized carbons (Fsp3) is 0.517. The number of aliphatic imine (C=N–C) groups is 1. The zero-order chi connectivity index (χ0) is 24.9. The van der Waals surface area contributed by atoms with Crippen LogP contribution in [0, 0.1) is 0 Å². The molecule has 36 heavy (non-hydrogen) atoms. The van der Waals surface area contributed by atoms with Crippen molar-refractivity contribution < 1.29 is 19.0 Å². The maximum Gasteiger partial charge on any atom is 0.251 e. The van der Waals surface area contributed by atoms with Crippen LogP contribution in [0.25, 0.3) is 0 Å². The van der Waals surface area contributed by atoms with Crippen molar-refractivity contribution in [3.8, 4) is 11.5 Å². The largest absolute Gasteiger partial charge is 0.493 e. The van der Waals surface area contributed by atoms with Crippen molar-refractivity contribution in [2.75, 3.05) is 53.6 Å². The molecule has 2 atom stereocenters. The summed E-state index contributed by atoms with van der Waals surface area (Å²) in [6, 6.07) is 12.3. The first kappa shape index (κ1) is 24.8. The van der Waals surface area contributed by atoms with E-state index in [1.54, 1.807) is 14.2 Å². The first-order valence-electron chi connectivity index (χ1n) is 13.2. The Labute approximate surface area is 213 Å². The van der Waals surface area contributed by atoms with Crippen molar-refractivity contribution in [3.63, 3.8) is 0 Å². The molecular weight excluding hydrogens is 454 g/mol. The van der Waals surface area contributed by atoms with E-state index in [4.69, 9.17) is 19.2 Å². The van der Waals surface area contributed by atoms with Crippen LogP contribution in [0.1, 0.15) is 65.1 Å². The van der Waals surface area contributed by atoms with E-state index in [9.17, 15) is 4.79 Å². The van der Waals surface area contributed by atoms with Gasteiger partial charge >= 0.3 is 0 Å². The Morgan fingerprint density at radius 1 is 1.06 bits per heavy atom. The van der Waals surface area contributed by atoms with E-state index in [0.29, 0.717) is 23.8 Å². The number of ether oxygens (including phenoxy) is 3.